The van der Waals surface area contributed by atoms with Crippen molar-refractivity contribution in [3.05, 3.63) is 0 Å². The van der Waals surface area contributed by atoms with Gasteiger partial charge in [-0.2, -0.15) is 0 Å². The Morgan fingerprint density at radius 3 is 2.68 bits per heavy atom. The molecule has 1 aliphatic rings. The highest BCUT2D eigenvalue weighted by Crippen LogP contribution is 2.27. The number of nitrogens with one attached hydrogen (secondary N) is 2. The summed E-state index contributed by atoms with van der Waals surface area (Å²) in [6, 6.07) is 0. The number of unbranched alkanes of at least 4 members (excludes halogenated alkanes) is 1. The van der Waals surface area contributed by atoms with Crippen molar-refractivity contribution in [2.45, 2.75) is 52.4 Å². The number of rotatable bonds is 9. The third-order valence-corrected chi connectivity index (χ3v) is 5.34. The quantitative estimate of drug-likeness (QED) is 0.640. The van der Waals surface area contributed by atoms with Crippen LogP contribution in [0.3, 0.4) is 0 Å². The first-order chi connectivity index (χ1) is 9.03. The first-order valence-electron chi connectivity index (χ1n) is 7.71. The fourth-order valence-corrected chi connectivity index (χ4v) is 4.00. The molecule has 0 aromatic carbocycles. The average Bonchev–Trinajstić information content (AvgIpc) is 2.36. The maximum atomic E-state index is 11.9. The van der Waals surface area contributed by atoms with Crippen molar-refractivity contribution in [1.82, 2.24) is 10.0 Å². The number of sulfonamides is 1. The van der Waals surface area contributed by atoms with Crippen LogP contribution < -0.4 is 10.0 Å². The van der Waals surface area contributed by atoms with Crippen LogP contribution in [-0.2, 0) is 10.0 Å². The Morgan fingerprint density at radius 1 is 1.21 bits per heavy atom. The van der Waals surface area contributed by atoms with E-state index in [-0.39, 0.29) is 5.75 Å². The maximum Gasteiger partial charge on any atom is 0.211 e. The second-order valence-electron chi connectivity index (χ2n) is 5.87. The van der Waals surface area contributed by atoms with Crippen molar-refractivity contribution in [3.63, 3.8) is 0 Å². The molecular weight excluding hydrogens is 260 g/mol. The smallest absolute Gasteiger partial charge is 0.211 e. The largest absolute Gasteiger partial charge is 0.317 e. The summed E-state index contributed by atoms with van der Waals surface area (Å²) in [5.74, 6) is 1.56. The van der Waals surface area contributed by atoms with Gasteiger partial charge < -0.3 is 5.32 Å². The molecule has 2 unspecified atom stereocenters. The van der Waals surface area contributed by atoms with Crippen LogP contribution in [0.4, 0.5) is 0 Å². The van der Waals surface area contributed by atoms with Crippen LogP contribution in [0.1, 0.15) is 52.4 Å². The van der Waals surface area contributed by atoms with E-state index in [2.05, 4.69) is 23.9 Å². The Hall–Kier alpha value is -0.130. The summed E-state index contributed by atoms with van der Waals surface area (Å²) in [5, 5.41) is 3.21. The fourth-order valence-electron chi connectivity index (χ4n) is 2.78. The van der Waals surface area contributed by atoms with E-state index in [1.807, 2.05) is 0 Å². The van der Waals surface area contributed by atoms with Gasteiger partial charge in [-0.25, -0.2) is 13.1 Å². The van der Waals surface area contributed by atoms with Crippen molar-refractivity contribution < 1.29 is 8.42 Å². The van der Waals surface area contributed by atoms with Crippen molar-refractivity contribution in [2.75, 3.05) is 25.4 Å². The van der Waals surface area contributed by atoms with Crippen LogP contribution in [0.25, 0.3) is 0 Å². The Kier molecular flexibility index (Phi) is 7.95. The van der Waals surface area contributed by atoms with E-state index < -0.39 is 10.0 Å². The molecule has 1 rings (SSSR count). The average molecular weight is 290 g/mol. The highest BCUT2D eigenvalue weighted by Gasteiger charge is 2.20. The summed E-state index contributed by atoms with van der Waals surface area (Å²) in [5.41, 5.74) is 0. The van der Waals surface area contributed by atoms with E-state index in [4.69, 9.17) is 0 Å². The van der Waals surface area contributed by atoms with Gasteiger partial charge in [0.2, 0.25) is 10.0 Å². The highest BCUT2D eigenvalue weighted by atomic mass is 32.2. The summed E-state index contributed by atoms with van der Waals surface area (Å²) < 4.78 is 26.5. The molecule has 0 radical (unpaired) electrons. The predicted octanol–water partition coefficient (Wildman–Crippen LogP) is 2.12. The van der Waals surface area contributed by atoms with Gasteiger partial charge in [-0.15, -0.1) is 0 Å². The van der Waals surface area contributed by atoms with Crippen LogP contribution in [0, 0.1) is 11.8 Å². The first kappa shape index (κ1) is 16.9. The minimum absolute atomic E-state index is 0.265. The molecule has 5 heteroatoms. The van der Waals surface area contributed by atoms with Crippen LogP contribution in [0.15, 0.2) is 0 Å². The Morgan fingerprint density at radius 2 is 2.00 bits per heavy atom. The van der Waals surface area contributed by atoms with Crippen LogP contribution in [-0.4, -0.2) is 33.8 Å². The third kappa shape index (κ3) is 7.90. The molecule has 114 valence electrons. The van der Waals surface area contributed by atoms with Crippen molar-refractivity contribution in [2.24, 2.45) is 11.8 Å². The molecule has 0 aliphatic heterocycles. The van der Waals surface area contributed by atoms with Gasteiger partial charge in [-0.05, 0) is 50.6 Å². The molecule has 19 heavy (non-hydrogen) atoms. The van der Waals surface area contributed by atoms with E-state index >= 15 is 0 Å². The van der Waals surface area contributed by atoms with Gasteiger partial charge in [-0.3, -0.25) is 0 Å². The predicted molar refractivity (Wildman–Crippen MR) is 80.7 cm³/mol. The minimum Gasteiger partial charge on any atom is -0.317 e. The lowest BCUT2D eigenvalue weighted by atomic mass is 9.83. The van der Waals surface area contributed by atoms with E-state index in [0.717, 1.165) is 31.8 Å². The van der Waals surface area contributed by atoms with Gasteiger partial charge in [0.1, 0.15) is 0 Å². The molecule has 1 fully saturated rings. The molecule has 4 nitrogen and oxygen atoms in total. The minimum atomic E-state index is -3.06. The zero-order valence-electron chi connectivity index (χ0n) is 12.5. The molecule has 1 aliphatic carbocycles. The van der Waals surface area contributed by atoms with E-state index in [1.54, 1.807) is 0 Å². The Labute approximate surface area is 118 Å². The van der Waals surface area contributed by atoms with Gasteiger partial charge in [0.05, 0.1) is 5.75 Å². The topological polar surface area (TPSA) is 58.2 Å². The molecule has 0 heterocycles. The van der Waals surface area contributed by atoms with Gasteiger partial charge >= 0.3 is 0 Å². The molecule has 0 spiro atoms. The molecule has 0 saturated heterocycles. The second-order valence-corrected chi connectivity index (χ2v) is 7.79. The van der Waals surface area contributed by atoms with Crippen molar-refractivity contribution in [3.8, 4) is 0 Å². The molecule has 2 N–H and O–H groups in total. The zero-order chi connectivity index (χ0) is 14.1. The lowest BCUT2D eigenvalue weighted by Gasteiger charge is -2.26. The van der Waals surface area contributed by atoms with E-state index in [0.29, 0.717) is 12.5 Å². The van der Waals surface area contributed by atoms with Gasteiger partial charge in [0, 0.05) is 6.54 Å². The summed E-state index contributed by atoms with van der Waals surface area (Å²) >= 11 is 0. The summed E-state index contributed by atoms with van der Waals surface area (Å²) in [7, 11) is -3.06. The molecular formula is C14H30N2O2S. The SMILES string of the molecule is CCNCCCCS(=O)(=O)NCC1CCCC(C)C1. The van der Waals surface area contributed by atoms with Gasteiger partial charge in [0.25, 0.3) is 0 Å². The zero-order valence-corrected chi connectivity index (χ0v) is 13.3. The van der Waals surface area contributed by atoms with Crippen molar-refractivity contribution >= 4 is 10.0 Å². The Balaban J connectivity index is 2.15. The molecule has 0 aromatic rings. The van der Waals surface area contributed by atoms with E-state index in [1.165, 1.54) is 25.7 Å². The summed E-state index contributed by atoms with van der Waals surface area (Å²) in [6.07, 6.45) is 6.55. The number of hydrogen-bond acceptors (Lipinski definition) is 3. The molecule has 0 aromatic heterocycles. The second kappa shape index (κ2) is 8.93. The van der Waals surface area contributed by atoms with E-state index in [9.17, 15) is 8.42 Å². The summed E-state index contributed by atoms with van der Waals surface area (Å²) in [4.78, 5) is 0. The maximum absolute atomic E-state index is 11.9. The summed E-state index contributed by atoms with van der Waals surface area (Å²) in [6.45, 7) is 6.82. The van der Waals surface area contributed by atoms with Gasteiger partial charge in [0.15, 0.2) is 0 Å². The third-order valence-electron chi connectivity index (χ3n) is 3.90. The molecule has 2 atom stereocenters. The Bertz CT molecular complexity index is 330. The number of hydrogen-bond donors (Lipinski definition) is 2. The van der Waals surface area contributed by atoms with Crippen molar-refractivity contribution in [1.29, 1.82) is 0 Å². The van der Waals surface area contributed by atoms with Crippen LogP contribution >= 0.6 is 0 Å². The van der Waals surface area contributed by atoms with Crippen LogP contribution in [0.5, 0.6) is 0 Å². The fraction of sp³-hybridized carbons (Fsp3) is 1.00. The molecule has 0 amide bonds. The van der Waals surface area contributed by atoms with Crippen LogP contribution in [0.2, 0.25) is 0 Å². The molecule has 0 bridgehead atoms. The lowest BCUT2D eigenvalue weighted by molar-refractivity contribution is 0.283. The highest BCUT2D eigenvalue weighted by molar-refractivity contribution is 7.89. The monoisotopic (exact) mass is 290 g/mol. The molecule has 1 saturated carbocycles. The van der Waals surface area contributed by atoms with Gasteiger partial charge in [-0.1, -0.05) is 26.7 Å². The normalized spacial score (nSPS) is 24.5. The standard InChI is InChI=1S/C14H30N2O2S/c1-3-15-9-4-5-10-19(17,18)16-12-14-8-6-7-13(2)11-14/h13-16H,3-12H2,1-2H3. The first-order valence-corrected chi connectivity index (χ1v) is 9.36. The lowest BCUT2D eigenvalue weighted by Crippen LogP contribution is -2.33.